The molecule has 1 saturated heterocycles. The van der Waals surface area contributed by atoms with E-state index in [2.05, 4.69) is 33.9 Å². The van der Waals surface area contributed by atoms with Crippen LogP contribution in [0.3, 0.4) is 0 Å². The highest BCUT2D eigenvalue weighted by Crippen LogP contribution is 2.39. The van der Waals surface area contributed by atoms with Gasteiger partial charge in [-0.2, -0.15) is 4.98 Å². The molecule has 0 aliphatic carbocycles. The summed E-state index contributed by atoms with van der Waals surface area (Å²) in [5.41, 5.74) is 0.847. The van der Waals surface area contributed by atoms with Crippen LogP contribution in [-0.2, 0) is 15.6 Å². The molecule has 1 aliphatic rings. The highest BCUT2D eigenvalue weighted by molar-refractivity contribution is 6.74. The number of hydrogen-bond acceptors (Lipinski definition) is 9. The Morgan fingerprint density at radius 1 is 1.07 bits per heavy atom. The summed E-state index contributed by atoms with van der Waals surface area (Å²) >= 11 is 6.97. The standard InChI is InChI=1S/C41H54ClFN6O5Si/c1-24(2)33-35(27(16-18-44-33)17-19-53-55(11,12)41(8,9)10)49-37-29(20-30(42)34(45-37)32-28(23-50)14-13-15-31(32)43)36(46-38(49)51)47-21-26(4)48(22-25(47)3)39(52)54-40(5,6)7/h13-16,18,20,23-26H,17,19,21-22H2,1-12H3. The molecule has 14 heteroatoms. The van der Waals surface area contributed by atoms with Crippen molar-refractivity contribution < 1.29 is 23.1 Å². The zero-order valence-corrected chi connectivity index (χ0v) is 35.8. The first-order valence-corrected chi connectivity index (χ1v) is 22.1. The number of anilines is 1. The van der Waals surface area contributed by atoms with Crippen molar-refractivity contribution in [1.82, 2.24) is 24.4 Å². The van der Waals surface area contributed by atoms with E-state index in [1.807, 2.05) is 59.4 Å². The quantitative estimate of drug-likeness (QED) is 0.121. The number of aldehydes is 1. The van der Waals surface area contributed by atoms with E-state index in [1.54, 1.807) is 17.2 Å². The smallest absolute Gasteiger partial charge is 0.410 e. The molecule has 11 nitrogen and oxygen atoms in total. The molecule has 296 valence electrons. The van der Waals surface area contributed by atoms with Crippen molar-refractivity contribution in [1.29, 1.82) is 0 Å². The fourth-order valence-corrected chi connectivity index (χ4v) is 7.91. The summed E-state index contributed by atoms with van der Waals surface area (Å²) in [4.78, 5) is 58.2. The summed E-state index contributed by atoms with van der Waals surface area (Å²) in [7, 11) is -2.10. The molecule has 4 aromatic rings. The zero-order valence-electron chi connectivity index (χ0n) is 34.1. The Labute approximate surface area is 329 Å². The molecule has 0 spiro atoms. The third kappa shape index (κ3) is 8.63. The van der Waals surface area contributed by atoms with Gasteiger partial charge in [-0.25, -0.2) is 23.5 Å². The summed E-state index contributed by atoms with van der Waals surface area (Å²) in [5.74, 6) is -0.475. The zero-order chi connectivity index (χ0) is 40.8. The maximum Gasteiger partial charge on any atom is 0.410 e. The Morgan fingerprint density at radius 3 is 2.38 bits per heavy atom. The molecule has 2 atom stereocenters. The maximum absolute atomic E-state index is 15.6. The lowest BCUT2D eigenvalue weighted by Gasteiger charge is -2.44. The number of hydrogen-bond donors (Lipinski definition) is 0. The molecule has 1 amide bonds. The molecule has 1 aliphatic heterocycles. The molecule has 5 rings (SSSR count). The number of pyridine rings is 2. The van der Waals surface area contributed by atoms with Gasteiger partial charge in [0.2, 0.25) is 0 Å². The minimum absolute atomic E-state index is 0.00372. The number of ether oxygens (including phenoxy) is 1. The van der Waals surface area contributed by atoms with Crippen molar-refractivity contribution in [3.63, 3.8) is 0 Å². The molecular formula is C41H54ClFN6O5Si. The molecule has 0 bridgehead atoms. The van der Waals surface area contributed by atoms with E-state index >= 15 is 4.39 Å². The Kier molecular flexibility index (Phi) is 12.0. The number of fused-ring (bicyclic) bond motifs is 1. The molecule has 2 unspecified atom stereocenters. The van der Waals surface area contributed by atoms with Gasteiger partial charge in [0.05, 0.1) is 27.5 Å². The van der Waals surface area contributed by atoms with Gasteiger partial charge in [-0.3, -0.25) is 9.78 Å². The topological polar surface area (TPSA) is 120 Å². The fourth-order valence-electron chi connectivity index (χ4n) is 6.61. The van der Waals surface area contributed by atoms with E-state index in [4.69, 9.17) is 35.7 Å². The molecule has 0 saturated carbocycles. The third-order valence-electron chi connectivity index (χ3n) is 10.5. The van der Waals surface area contributed by atoms with E-state index in [0.717, 1.165) is 5.56 Å². The van der Waals surface area contributed by atoms with Crippen LogP contribution >= 0.6 is 11.6 Å². The fraction of sp³-hybridized carbons (Fsp3) is 0.512. The van der Waals surface area contributed by atoms with Crippen molar-refractivity contribution in [3.8, 4) is 16.9 Å². The average Bonchev–Trinajstić information content (AvgIpc) is 3.07. The SMILES string of the molecule is CC(C)c1nccc(CCO[Si](C)(C)C(C)(C)C)c1-n1c(=O)nc(N2CC(C)N(C(=O)OC(C)(C)C)CC2C)c2cc(Cl)c(-c3c(F)cccc3C=O)nc21. The largest absolute Gasteiger partial charge is 0.444 e. The lowest BCUT2D eigenvalue weighted by molar-refractivity contribution is 0.0130. The van der Waals surface area contributed by atoms with Crippen LogP contribution in [0.5, 0.6) is 0 Å². The Balaban J connectivity index is 1.77. The third-order valence-corrected chi connectivity index (χ3v) is 15.4. The summed E-state index contributed by atoms with van der Waals surface area (Å²) in [5, 5.41) is 0.508. The Morgan fingerprint density at radius 2 is 1.76 bits per heavy atom. The minimum Gasteiger partial charge on any atom is -0.444 e. The van der Waals surface area contributed by atoms with Gasteiger partial charge >= 0.3 is 11.8 Å². The lowest BCUT2D eigenvalue weighted by Crippen LogP contribution is -2.59. The second-order valence-electron chi connectivity index (χ2n) is 17.3. The van der Waals surface area contributed by atoms with E-state index in [0.29, 0.717) is 55.0 Å². The molecule has 1 aromatic carbocycles. The van der Waals surface area contributed by atoms with E-state index in [9.17, 15) is 14.4 Å². The monoisotopic (exact) mass is 792 g/mol. The normalized spacial score (nSPS) is 16.9. The molecule has 55 heavy (non-hydrogen) atoms. The summed E-state index contributed by atoms with van der Waals surface area (Å²) < 4.78 is 29.3. The first-order valence-electron chi connectivity index (χ1n) is 18.8. The van der Waals surface area contributed by atoms with Gasteiger partial charge < -0.3 is 19.0 Å². The Hall–Kier alpha value is -4.20. The molecule has 4 heterocycles. The number of halogens is 2. The van der Waals surface area contributed by atoms with Crippen LogP contribution in [0.15, 0.2) is 41.3 Å². The van der Waals surface area contributed by atoms with Crippen LogP contribution < -0.4 is 10.6 Å². The van der Waals surface area contributed by atoms with Gasteiger partial charge in [-0.15, -0.1) is 0 Å². The second kappa shape index (κ2) is 15.7. The summed E-state index contributed by atoms with van der Waals surface area (Å²) in [6.45, 7) is 25.3. The predicted molar refractivity (Wildman–Crippen MR) is 219 cm³/mol. The van der Waals surface area contributed by atoms with E-state index < -0.39 is 31.5 Å². The highest BCUT2D eigenvalue weighted by Gasteiger charge is 2.38. The number of carbonyl (C=O) groups is 2. The van der Waals surface area contributed by atoms with E-state index in [-0.39, 0.29) is 50.5 Å². The number of aromatic nitrogens is 4. The molecular weight excluding hydrogens is 739 g/mol. The number of carbonyl (C=O) groups excluding carboxylic acids is 2. The van der Waals surface area contributed by atoms with Crippen LogP contribution in [0, 0.1) is 5.82 Å². The van der Waals surface area contributed by atoms with Crippen molar-refractivity contribution in [2.24, 2.45) is 0 Å². The van der Waals surface area contributed by atoms with Crippen molar-refractivity contribution in [2.75, 3.05) is 24.6 Å². The summed E-state index contributed by atoms with van der Waals surface area (Å²) in [6, 6.07) is 7.07. The first kappa shape index (κ1) is 41.9. The minimum atomic E-state index is -2.10. The maximum atomic E-state index is 15.6. The molecule has 0 radical (unpaired) electrons. The number of piperazine rings is 1. The van der Waals surface area contributed by atoms with Gasteiger partial charge in [0.1, 0.15) is 17.2 Å². The second-order valence-corrected chi connectivity index (χ2v) is 22.5. The Bertz CT molecular complexity index is 2160. The van der Waals surface area contributed by atoms with Crippen molar-refractivity contribution in [2.45, 2.75) is 117 Å². The van der Waals surface area contributed by atoms with Gasteiger partial charge in [0, 0.05) is 49.1 Å². The van der Waals surface area contributed by atoms with Gasteiger partial charge in [-0.1, -0.05) is 58.4 Å². The highest BCUT2D eigenvalue weighted by atomic mass is 35.5. The molecule has 0 N–H and O–H groups in total. The number of benzene rings is 1. The number of nitrogens with zero attached hydrogens (tertiary/aromatic N) is 6. The van der Waals surface area contributed by atoms with Crippen LogP contribution in [0.4, 0.5) is 15.0 Å². The average molecular weight is 793 g/mol. The van der Waals surface area contributed by atoms with Crippen LogP contribution in [0.25, 0.3) is 28.0 Å². The van der Waals surface area contributed by atoms with Gasteiger partial charge in [0.15, 0.2) is 20.3 Å². The number of rotatable bonds is 9. The van der Waals surface area contributed by atoms with Crippen LogP contribution in [0.1, 0.15) is 96.8 Å². The van der Waals surface area contributed by atoms with Crippen molar-refractivity contribution >= 4 is 49.1 Å². The number of amides is 1. The predicted octanol–water partition coefficient (Wildman–Crippen LogP) is 8.97. The lowest BCUT2D eigenvalue weighted by atomic mass is 10.0. The van der Waals surface area contributed by atoms with Gasteiger partial charge in [-0.05, 0) is 88.9 Å². The first-order chi connectivity index (χ1) is 25.6. The summed E-state index contributed by atoms with van der Waals surface area (Å²) in [6.07, 6.45) is 2.34. The molecule has 3 aromatic heterocycles. The molecule has 1 fully saturated rings. The van der Waals surface area contributed by atoms with Crippen LogP contribution in [0.2, 0.25) is 23.2 Å². The van der Waals surface area contributed by atoms with E-state index in [1.165, 1.54) is 22.8 Å². The van der Waals surface area contributed by atoms with Crippen LogP contribution in [-0.4, -0.2) is 82.5 Å². The van der Waals surface area contributed by atoms with Gasteiger partial charge in [0.25, 0.3) is 0 Å². The van der Waals surface area contributed by atoms with Crippen molar-refractivity contribution in [3.05, 3.63) is 74.7 Å².